The summed E-state index contributed by atoms with van der Waals surface area (Å²) in [6, 6.07) is 6.83. The second-order valence-corrected chi connectivity index (χ2v) is 16.0. The zero-order valence-corrected chi connectivity index (χ0v) is 28.9. The number of para-hydroxylation sites is 2. The number of imidazole rings is 1. The van der Waals surface area contributed by atoms with E-state index in [1.54, 1.807) is 42.7 Å². The van der Waals surface area contributed by atoms with Gasteiger partial charge in [-0.2, -0.15) is 0 Å². The summed E-state index contributed by atoms with van der Waals surface area (Å²) in [5, 5.41) is 5.96. The van der Waals surface area contributed by atoms with Crippen molar-refractivity contribution in [1.82, 2.24) is 29.7 Å². The number of hydrogen-bond acceptors (Lipinski definition) is 13. The molecule has 1 aliphatic carbocycles. The lowest BCUT2D eigenvalue weighted by molar-refractivity contribution is -0.126. The SMILES string of the molecule is COc1ccccc1OC1=C(NC(=O)CC(=O)Nc2nc(CNS(C)(=O)=O)c(Sc3ncc[nH]3)s2)C=CC(CNS(C)(=O)=O)(OC)C1. The molecule has 2 amide bonds. The van der Waals surface area contributed by atoms with Crippen molar-refractivity contribution in [1.29, 1.82) is 0 Å². The number of benzene rings is 1. The lowest BCUT2D eigenvalue weighted by Crippen LogP contribution is -2.45. The minimum absolute atomic E-state index is 0.0158. The number of sulfonamides is 2. The van der Waals surface area contributed by atoms with Crippen molar-refractivity contribution in [2.75, 3.05) is 38.6 Å². The third-order valence-electron chi connectivity index (χ3n) is 6.32. The summed E-state index contributed by atoms with van der Waals surface area (Å²) >= 11 is 2.30. The van der Waals surface area contributed by atoms with Crippen LogP contribution in [0.3, 0.4) is 0 Å². The average Bonchev–Trinajstić information content (AvgIpc) is 3.65. The van der Waals surface area contributed by atoms with Gasteiger partial charge in [-0.05, 0) is 36.0 Å². The molecule has 0 radical (unpaired) electrons. The fourth-order valence-corrected chi connectivity index (χ4v) is 6.99. The zero-order valence-electron chi connectivity index (χ0n) is 25.6. The molecule has 20 heteroatoms. The molecular formula is C27H33N7O9S4. The number of carbonyl (C=O) groups excluding carboxylic acids is 2. The highest BCUT2D eigenvalue weighted by Gasteiger charge is 2.35. The summed E-state index contributed by atoms with van der Waals surface area (Å²) in [6.45, 7) is -0.232. The fraction of sp³-hybridized carbons (Fsp3) is 0.333. The first-order valence-corrected chi connectivity index (χ1v) is 19.0. The Hall–Kier alpha value is -3.79. The van der Waals surface area contributed by atoms with Gasteiger partial charge in [0.15, 0.2) is 21.8 Å². The highest BCUT2D eigenvalue weighted by atomic mass is 32.2. The highest BCUT2D eigenvalue weighted by molar-refractivity contribution is 8.01. The normalized spacial score (nSPS) is 16.6. The average molecular weight is 728 g/mol. The minimum atomic E-state index is -3.55. The summed E-state index contributed by atoms with van der Waals surface area (Å²) in [7, 11) is -4.17. The molecule has 47 heavy (non-hydrogen) atoms. The van der Waals surface area contributed by atoms with E-state index < -0.39 is 43.9 Å². The molecule has 1 unspecified atom stereocenters. The van der Waals surface area contributed by atoms with E-state index in [1.165, 1.54) is 32.1 Å². The van der Waals surface area contributed by atoms with E-state index >= 15 is 0 Å². The number of amides is 2. The van der Waals surface area contributed by atoms with Crippen LogP contribution in [-0.4, -0.2) is 82.5 Å². The Bertz CT molecular complexity index is 1870. The van der Waals surface area contributed by atoms with Crippen LogP contribution in [0.2, 0.25) is 0 Å². The van der Waals surface area contributed by atoms with Crippen molar-refractivity contribution in [3.63, 3.8) is 0 Å². The molecule has 4 rings (SSSR count). The van der Waals surface area contributed by atoms with Crippen molar-refractivity contribution in [2.45, 2.75) is 34.4 Å². The van der Waals surface area contributed by atoms with Gasteiger partial charge >= 0.3 is 0 Å². The van der Waals surface area contributed by atoms with E-state index in [2.05, 4.69) is 35.0 Å². The summed E-state index contributed by atoms with van der Waals surface area (Å²) < 4.78 is 69.5. The van der Waals surface area contributed by atoms with E-state index in [9.17, 15) is 26.4 Å². The van der Waals surface area contributed by atoms with Gasteiger partial charge in [0.2, 0.25) is 31.9 Å². The number of ether oxygens (including phenoxy) is 3. The van der Waals surface area contributed by atoms with Crippen LogP contribution >= 0.6 is 23.1 Å². The number of nitrogens with zero attached hydrogens (tertiary/aromatic N) is 2. The maximum Gasteiger partial charge on any atom is 0.235 e. The predicted octanol–water partition coefficient (Wildman–Crippen LogP) is 1.70. The first-order chi connectivity index (χ1) is 22.2. The van der Waals surface area contributed by atoms with Crippen molar-refractivity contribution < 1.29 is 40.6 Å². The number of aromatic amines is 1. The molecule has 1 atom stereocenters. The molecule has 1 aromatic carbocycles. The number of rotatable bonds is 16. The first-order valence-electron chi connectivity index (χ1n) is 13.6. The Balaban J connectivity index is 1.50. The quantitative estimate of drug-likeness (QED) is 0.133. The molecule has 0 saturated carbocycles. The third kappa shape index (κ3) is 10.9. The molecule has 2 aromatic heterocycles. The van der Waals surface area contributed by atoms with Gasteiger partial charge in [0.05, 0.1) is 41.8 Å². The van der Waals surface area contributed by atoms with Gasteiger partial charge in [-0.1, -0.05) is 23.5 Å². The molecule has 0 saturated heterocycles. The van der Waals surface area contributed by atoms with Crippen molar-refractivity contribution in [3.05, 3.63) is 66.0 Å². The van der Waals surface area contributed by atoms with E-state index in [0.717, 1.165) is 23.8 Å². The van der Waals surface area contributed by atoms with Crippen molar-refractivity contribution in [3.8, 4) is 11.5 Å². The van der Waals surface area contributed by atoms with Crippen molar-refractivity contribution >= 4 is 60.1 Å². The van der Waals surface area contributed by atoms with E-state index in [0.29, 0.717) is 26.6 Å². The standard InChI is InChI=1S/C27H33N7O9S4/c1-41-19-7-5-6-8-20(19)43-21-14-27(42-2,16-31-47(4,39)40)10-9-17(21)32-22(35)13-23(36)34-26-33-18(15-30-46(3,37)38)24(45-26)44-25-28-11-12-29-25/h5-12,30-31H,13-16H2,1-4H3,(H,28,29)(H,32,35)(H,33,34,36). The first kappa shape index (κ1) is 36.1. The lowest BCUT2D eigenvalue weighted by atomic mass is 9.92. The van der Waals surface area contributed by atoms with Crippen LogP contribution in [0.25, 0.3) is 0 Å². The fourth-order valence-electron chi connectivity index (χ4n) is 4.06. The van der Waals surface area contributed by atoms with Crippen LogP contribution in [0.5, 0.6) is 11.5 Å². The predicted molar refractivity (Wildman–Crippen MR) is 175 cm³/mol. The maximum absolute atomic E-state index is 13.1. The highest BCUT2D eigenvalue weighted by Crippen LogP contribution is 2.37. The van der Waals surface area contributed by atoms with Crippen LogP contribution in [0.4, 0.5) is 5.13 Å². The Labute approximate surface area is 279 Å². The molecule has 2 heterocycles. The smallest absolute Gasteiger partial charge is 0.235 e. The topological polar surface area (TPSA) is 220 Å². The second-order valence-electron chi connectivity index (χ2n) is 10.1. The van der Waals surface area contributed by atoms with Crippen LogP contribution in [0.15, 0.2) is 69.6 Å². The number of hydrogen-bond donors (Lipinski definition) is 5. The molecule has 3 aromatic rings. The zero-order chi connectivity index (χ0) is 34.2. The van der Waals surface area contributed by atoms with E-state index in [-0.39, 0.29) is 36.1 Å². The number of methoxy groups -OCH3 is 2. The van der Waals surface area contributed by atoms with Gasteiger partial charge in [-0.25, -0.2) is 36.2 Å². The Morgan fingerprint density at radius 1 is 1.04 bits per heavy atom. The number of H-pyrrole nitrogens is 1. The number of aromatic nitrogens is 3. The molecule has 0 spiro atoms. The molecule has 1 aliphatic rings. The number of nitrogens with one attached hydrogen (secondary N) is 5. The molecule has 254 valence electrons. The van der Waals surface area contributed by atoms with E-state index in [4.69, 9.17) is 14.2 Å². The van der Waals surface area contributed by atoms with Gasteiger partial charge < -0.3 is 29.8 Å². The van der Waals surface area contributed by atoms with Gasteiger partial charge in [0.25, 0.3) is 0 Å². The van der Waals surface area contributed by atoms with Gasteiger partial charge in [0, 0.05) is 32.5 Å². The van der Waals surface area contributed by atoms with Gasteiger partial charge in [-0.15, -0.1) is 0 Å². The van der Waals surface area contributed by atoms with Crippen LogP contribution in [0, 0.1) is 0 Å². The molecule has 5 N–H and O–H groups in total. The number of allylic oxidation sites excluding steroid dienone is 1. The Morgan fingerprint density at radius 3 is 2.38 bits per heavy atom. The number of anilines is 1. The summed E-state index contributed by atoms with van der Waals surface area (Å²) in [4.78, 5) is 37.4. The molecule has 0 fully saturated rings. The summed E-state index contributed by atoms with van der Waals surface area (Å²) in [5.74, 6) is -0.381. The summed E-state index contributed by atoms with van der Waals surface area (Å²) in [6.07, 6.45) is 7.76. The molecule has 0 bridgehead atoms. The van der Waals surface area contributed by atoms with Crippen LogP contribution in [-0.2, 0) is 40.9 Å². The van der Waals surface area contributed by atoms with Gasteiger partial charge in [0.1, 0.15) is 17.8 Å². The van der Waals surface area contributed by atoms with Crippen LogP contribution in [0.1, 0.15) is 18.5 Å². The molecule has 16 nitrogen and oxygen atoms in total. The maximum atomic E-state index is 13.1. The molecular weight excluding hydrogens is 695 g/mol. The van der Waals surface area contributed by atoms with Crippen molar-refractivity contribution in [2.24, 2.45) is 0 Å². The van der Waals surface area contributed by atoms with Crippen LogP contribution < -0.4 is 29.6 Å². The van der Waals surface area contributed by atoms with Gasteiger partial charge in [-0.3, -0.25) is 9.59 Å². The number of thiazole rings is 1. The van der Waals surface area contributed by atoms with E-state index in [1.807, 2.05) is 0 Å². The Kier molecular flexibility index (Phi) is 11.8. The number of carbonyl (C=O) groups is 2. The lowest BCUT2D eigenvalue weighted by Gasteiger charge is -2.33. The summed E-state index contributed by atoms with van der Waals surface area (Å²) in [5.41, 5.74) is -0.559. The molecule has 0 aliphatic heterocycles. The largest absolute Gasteiger partial charge is 0.493 e. The third-order valence-corrected chi connectivity index (χ3v) is 9.81. The minimum Gasteiger partial charge on any atom is -0.493 e. The second kappa shape index (κ2) is 15.4. The monoisotopic (exact) mass is 727 g/mol. The Morgan fingerprint density at radius 2 is 1.74 bits per heavy atom.